The largest absolute Gasteiger partial charge is 1.00 e. The summed E-state index contributed by atoms with van der Waals surface area (Å²) in [4.78, 5) is 23.7. The van der Waals surface area contributed by atoms with Crippen molar-refractivity contribution in [3.05, 3.63) is 54.1 Å². The molecule has 2 aromatic rings. The molecule has 3 rings (SSSR count). The van der Waals surface area contributed by atoms with E-state index < -0.39 is 26.3 Å². The fraction of sp³-hybridized carbons (Fsp3) is 0.222. The molecule has 1 atom stereocenters. The van der Waals surface area contributed by atoms with E-state index in [1.54, 1.807) is 36.2 Å². The van der Waals surface area contributed by atoms with Gasteiger partial charge in [-0.25, -0.2) is 8.42 Å². The third-order valence-electron chi connectivity index (χ3n) is 4.48. The van der Waals surface area contributed by atoms with E-state index in [1.807, 2.05) is 0 Å². The zero-order chi connectivity index (χ0) is 20.5. The van der Waals surface area contributed by atoms with Gasteiger partial charge in [0.05, 0.1) is 34.7 Å². The van der Waals surface area contributed by atoms with Gasteiger partial charge in [-0.15, -0.1) is 0 Å². The topological polar surface area (TPSA) is 139 Å². The first-order valence-electron chi connectivity index (χ1n) is 8.30. The molecule has 1 saturated heterocycles. The van der Waals surface area contributed by atoms with Crippen LogP contribution in [0, 0.1) is 5.41 Å². The average Bonchev–Trinajstić information content (AvgIpc) is 2.97. The van der Waals surface area contributed by atoms with Crippen LogP contribution in [0.4, 0.5) is 11.4 Å². The van der Waals surface area contributed by atoms with Crippen molar-refractivity contribution in [2.24, 2.45) is 5.41 Å². The second-order valence-electron chi connectivity index (χ2n) is 6.70. The Morgan fingerprint density at radius 3 is 2.41 bits per heavy atom. The summed E-state index contributed by atoms with van der Waals surface area (Å²) in [5.74, 6) is -1.02. The van der Waals surface area contributed by atoms with Gasteiger partial charge in [-0.2, -0.15) is 0 Å². The van der Waals surface area contributed by atoms with Crippen molar-refractivity contribution in [3.8, 4) is 0 Å². The molecule has 1 fully saturated rings. The van der Waals surface area contributed by atoms with E-state index >= 15 is 0 Å². The number of nitrogens with one attached hydrogen (secondary N) is 2. The minimum absolute atomic E-state index is 0. The van der Waals surface area contributed by atoms with Crippen LogP contribution in [0.5, 0.6) is 0 Å². The smallest absolute Gasteiger partial charge is 0.744 e. The second kappa shape index (κ2) is 9.23. The molecule has 1 aliphatic rings. The predicted octanol–water partition coefficient (Wildman–Crippen LogP) is -2.30. The van der Waals surface area contributed by atoms with Crippen LogP contribution < -0.4 is 67.1 Å². The Labute approximate surface area is 210 Å². The molecule has 1 heterocycles. The van der Waals surface area contributed by atoms with Crippen molar-refractivity contribution in [2.75, 3.05) is 23.5 Å². The SMILES string of the molecule is CC1(CO)CN(c2ccc(NC(=O)c3ccccc3S(=O)(=O)[O-])cc2)NC1=O.[K+]. The number of hydrazine groups is 1. The first-order valence-corrected chi connectivity index (χ1v) is 9.71. The number of hydrogen-bond donors (Lipinski definition) is 3. The average molecular weight is 444 g/mol. The Balaban J connectivity index is 0.00000300. The molecule has 0 aliphatic carbocycles. The van der Waals surface area contributed by atoms with Crippen molar-refractivity contribution in [1.82, 2.24) is 5.43 Å². The van der Waals surface area contributed by atoms with Gasteiger partial charge in [-0.05, 0) is 43.3 Å². The van der Waals surface area contributed by atoms with E-state index in [1.165, 1.54) is 18.2 Å². The summed E-state index contributed by atoms with van der Waals surface area (Å²) in [5, 5.41) is 13.5. The number of carbonyl (C=O) groups is 2. The predicted molar refractivity (Wildman–Crippen MR) is 99.5 cm³/mol. The molecule has 9 nitrogen and oxygen atoms in total. The zero-order valence-corrected chi connectivity index (χ0v) is 19.8. The first-order chi connectivity index (χ1) is 13.1. The first kappa shape index (κ1) is 24.0. The summed E-state index contributed by atoms with van der Waals surface area (Å²) in [6.07, 6.45) is 0. The van der Waals surface area contributed by atoms with E-state index in [4.69, 9.17) is 0 Å². The summed E-state index contributed by atoms with van der Waals surface area (Å²) >= 11 is 0. The van der Waals surface area contributed by atoms with Crippen molar-refractivity contribution in [3.63, 3.8) is 0 Å². The van der Waals surface area contributed by atoms with Gasteiger partial charge in [0.15, 0.2) is 0 Å². The number of aliphatic hydroxyl groups excluding tert-OH is 1. The van der Waals surface area contributed by atoms with Crippen molar-refractivity contribution in [2.45, 2.75) is 11.8 Å². The summed E-state index contributed by atoms with van der Waals surface area (Å²) in [6.45, 7) is 1.65. The molecular formula is C18H18KN3O6S. The molecule has 11 heteroatoms. The molecule has 29 heavy (non-hydrogen) atoms. The molecule has 1 aliphatic heterocycles. The summed E-state index contributed by atoms with van der Waals surface area (Å²) < 4.78 is 33.9. The minimum atomic E-state index is -4.79. The van der Waals surface area contributed by atoms with Gasteiger partial charge in [0.1, 0.15) is 10.1 Å². The van der Waals surface area contributed by atoms with Crippen molar-refractivity contribution < 1.29 is 79.1 Å². The number of benzene rings is 2. The molecule has 148 valence electrons. The molecule has 0 saturated carbocycles. The number of hydrogen-bond acceptors (Lipinski definition) is 7. The Kier molecular flexibility index (Phi) is 7.62. The molecule has 1 unspecified atom stereocenters. The maximum atomic E-state index is 12.4. The third kappa shape index (κ3) is 5.24. The van der Waals surface area contributed by atoms with E-state index in [0.717, 1.165) is 6.07 Å². The van der Waals surface area contributed by atoms with Gasteiger partial charge < -0.3 is 15.0 Å². The molecule has 0 spiro atoms. The van der Waals surface area contributed by atoms with Crippen LogP contribution in [-0.4, -0.2) is 43.0 Å². The monoisotopic (exact) mass is 443 g/mol. The maximum Gasteiger partial charge on any atom is 1.00 e. The Morgan fingerprint density at radius 1 is 1.24 bits per heavy atom. The normalized spacial score (nSPS) is 18.7. The van der Waals surface area contributed by atoms with Crippen LogP contribution in [-0.2, 0) is 14.9 Å². The molecule has 3 N–H and O–H groups in total. The molecular weight excluding hydrogens is 425 g/mol. The molecule has 0 aromatic heterocycles. The van der Waals surface area contributed by atoms with Gasteiger partial charge >= 0.3 is 51.4 Å². The fourth-order valence-corrected chi connectivity index (χ4v) is 3.47. The summed E-state index contributed by atoms with van der Waals surface area (Å²) in [5.41, 5.74) is 2.54. The Bertz CT molecular complexity index is 1030. The minimum Gasteiger partial charge on any atom is -0.744 e. The van der Waals surface area contributed by atoms with Gasteiger partial charge in [0.2, 0.25) is 5.91 Å². The van der Waals surface area contributed by atoms with Crippen molar-refractivity contribution in [1.29, 1.82) is 0 Å². The van der Waals surface area contributed by atoms with Gasteiger partial charge in [0, 0.05) is 5.69 Å². The molecule has 0 radical (unpaired) electrons. The van der Waals surface area contributed by atoms with E-state index in [9.17, 15) is 27.7 Å². The zero-order valence-electron chi connectivity index (χ0n) is 15.9. The Morgan fingerprint density at radius 2 is 1.86 bits per heavy atom. The van der Waals surface area contributed by atoms with E-state index in [0.29, 0.717) is 11.4 Å². The number of aliphatic hydroxyl groups is 1. The summed E-state index contributed by atoms with van der Waals surface area (Å²) in [7, 11) is -4.79. The number of rotatable bonds is 5. The number of nitrogens with zero attached hydrogens (tertiary/aromatic N) is 1. The molecule has 2 aromatic carbocycles. The number of carbonyl (C=O) groups excluding carboxylic acids is 2. The fourth-order valence-electron chi connectivity index (χ4n) is 2.79. The van der Waals surface area contributed by atoms with Gasteiger partial charge in [-0.1, -0.05) is 12.1 Å². The third-order valence-corrected chi connectivity index (χ3v) is 5.37. The number of anilines is 2. The summed E-state index contributed by atoms with van der Waals surface area (Å²) in [6, 6.07) is 11.6. The maximum absolute atomic E-state index is 12.4. The van der Waals surface area contributed by atoms with Gasteiger partial charge in [-0.3, -0.25) is 20.0 Å². The molecule has 2 amide bonds. The Hall–Kier alpha value is -1.31. The van der Waals surface area contributed by atoms with E-state index in [2.05, 4.69) is 10.7 Å². The van der Waals surface area contributed by atoms with E-state index in [-0.39, 0.29) is 76.0 Å². The molecule has 0 bridgehead atoms. The van der Waals surface area contributed by atoms with Gasteiger partial charge in [0.25, 0.3) is 5.91 Å². The van der Waals surface area contributed by atoms with Crippen LogP contribution in [0.3, 0.4) is 0 Å². The van der Waals surface area contributed by atoms with Crippen LogP contribution in [0.15, 0.2) is 53.4 Å². The number of amides is 2. The van der Waals surface area contributed by atoms with Crippen molar-refractivity contribution >= 4 is 33.3 Å². The van der Waals surface area contributed by atoms with Crippen LogP contribution >= 0.6 is 0 Å². The second-order valence-corrected chi connectivity index (χ2v) is 8.05. The standard InChI is InChI=1S/C18H19N3O6S.K/c1-18(11-22)10-21(20-17(18)24)13-8-6-12(7-9-13)19-16(23)14-4-2-3-5-15(14)28(25,26)27;/h2-9,22H,10-11H2,1H3,(H,19,23)(H,20,24)(H,25,26,27);/q;+1/p-1. The quantitative estimate of drug-likeness (QED) is 0.349. The van der Waals surface area contributed by atoms with Crippen LogP contribution in [0.1, 0.15) is 17.3 Å². The van der Waals surface area contributed by atoms with Crippen LogP contribution in [0.2, 0.25) is 0 Å². The van der Waals surface area contributed by atoms with Crippen LogP contribution in [0.25, 0.3) is 0 Å².